The first kappa shape index (κ1) is 17.6. The first-order valence-electron chi connectivity index (χ1n) is 9.20. The number of rotatable bonds is 5. The van der Waals surface area contributed by atoms with Crippen molar-refractivity contribution < 1.29 is 4.79 Å². The molecular weight excluding hydrogens is 357 g/mol. The number of nitrogens with one attached hydrogen (secondary N) is 2. The third kappa shape index (κ3) is 3.54. The van der Waals surface area contributed by atoms with Crippen LogP contribution in [-0.4, -0.2) is 28.4 Å². The fourth-order valence-corrected chi connectivity index (χ4v) is 6.61. The normalized spacial score (nSPS) is 37.1. The summed E-state index contributed by atoms with van der Waals surface area (Å²) in [5, 5.41) is 6.63. The Kier molecular flexibility index (Phi) is 4.50. The minimum atomic E-state index is -0.282. The topological polar surface area (TPSA) is 54.0 Å². The van der Waals surface area contributed by atoms with Gasteiger partial charge in [0.25, 0.3) is 0 Å². The molecule has 0 spiro atoms. The van der Waals surface area contributed by atoms with Gasteiger partial charge >= 0.3 is 0 Å². The number of aromatic nitrogens is 1. The predicted octanol–water partition coefficient (Wildman–Crippen LogP) is 4.23. The van der Waals surface area contributed by atoms with E-state index in [9.17, 15) is 4.79 Å². The summed E-state index contributed by atoms with van der Waals surface area (Å²) in [5.41, 5.74) is 0.823. The third-order valence-corrected chi connectivity index (χ3v) is 7.05. The Morgan fingerprint density at radius 1 is 1.36 bits per heavy atom. The smallest absolute Gasteiger partial charge is 0.241 e. The Morgan fingerprint density at radius 3 is 2.72 bits per heavy atom. The molecule has 4 bridgehead atoms. The van der Waals surface area contributed by atoms with E-state index in [1.807, 2.05) is 6.92 Å². The maximum absolute atomic E-state index is 12.5. The molecule has 0 saturated heterocycles. The lowest BCUT2D eigenvalue weighted by Crippen LogP contribution is -2.57. The molecule has 136 valence electrons. The Labute approximate surface area is 159 Å². The fourth-order valence-electron chi connectivity index (χ4n) is 5.73. The van der Waals surface area contributed by atoms with Crippen LogP contribution < -0.4 is 10.6 Å². The summed E-state index contributed by atoms with van der Waals surface area (Å²) in [6.07, 6.45) is 8.93. The number of amides is 1. The number of halogens is 2. The summed E-state index contributed by atoms with van der Waals surface area (Å²) in [6, 6.07) is 3.24. The molecule has 4 fully saturated rings. The maximum Gasteiger partial charge on any atom is 0.241 e. The van der Waals surface area contributed by atoms with Crippen LogP contribution in [0.1, 0.15) is 45.4 Å². The number of nitrogens with zero attached hydrogens (tertiary/aromatic N) is 1. The highest BCUT2D eigenvalue weighted by molar-refractivity contribution is 6.32. The predicted molar refractivity (Wildman–Crippen MR) is 101 cm³/mol. The lowest BCUT2D eigenvalue weighted by molar-refractivity contribution is -0.118. The van der Waals surface area contributed by atoms with Gasteiger partial charge < -0.3 is 10.6 Å². The van der Waals surface area contributed by atoms with Crippen LogP contribution in [-0.2, 0) is 4.79 Å². The van der Waals surface area contributed by atoms with Crippen LogP contribution in [0.15, 0.2) is 18.3 Å². The summed E-state index contributed by atoms with van der Waals surface area (Å²) < 4.78 is 0. The van der Waals surface area contributed by atoms with Gasteiger partial charge in [0, 0.05) is 17.6 Å². The lowest BCUT2D eigenvalue weighted by Gasteiger charge is -2.60. The standard InChI is InChI=1S/C19H25Cl2N3O/c1-12(17(25)24-15-3-2-4-22-16(15)20)23-11-18-6-13-5-14(7-18)9-19(21,8-13)10-18/h2-4,12-14,23H,5-11H2,1H3,(H,24,25)/t12-,13+,14+,18?,19?/m0/s1. The molecule has 3 atom stereocenters. The van der Waals surface area contributed by atoms with Crippen molar-refractivity contribution in [2.45, 2.75) is 56.4 Å². The Balaban J connectivity index is 1.36. The second kappa shape index (κ2) is 6.40. The number of carbonyl (C=O) groups is 1. The Morgan fingerprint density at radius 2 is 2.08 bits per heavy atom. The highest BCUT2D eigenvalue weighted by atomic mass is 35.5. The molecule has 5 rings (SSSR count). The summed E-state index contributed by atoms with van der Waals surface area (Å²) in [7, 11) is 0. The first-order valence-corrected chi connectivity index (χ1v) is 9.96. The van der Waals surface area contributed by atoms with E-state index in [0.29, 0.717) is 10.8 Å². The van der Waals surface area contributed by atoms with E-state index >= 15 is 0 Å². The van der Waals surface area contributed by atoms with Gasteiger partial charge in [-0.25, -0.2) is 4.98 Å². The van der Waals surface area contributed by atoms with Crippen molar-refractivity contribution in [2.75, 3.05) is 11.9 Å². The first-order chi connectivity index (χ1) is 11.9. The number of anilines is 1. The van der Waals surface area contributed by atoms with Crippen molar-refractivity contribution in [3.05, 3.63) is 23.5 Å². The molecule has 0 aliphatic heterocycles. The molecule has 0 radical (unpaired) electrons. The SMILES string of the molecule is C[C@H](NCC12C[C@H]3C[C@@H](CC(Cl)(C3)C1)C2)C(=O)Nc1cccnc1Cl. The van der Waals surface area contributed by atoms with E-state index in [2.05, 4.69) is 15.6 Å². The van der Waals surface area contributed by atoms with Gasteiger partial charge in [-0.05, 0) is 74.8 Å². The highest BCUT2D eigenvalue weighted by Gasteiger charge is 2.56. The van der Waals surface area contributed by atoms with Crippen LogP contribution in [0, 0.1) is 17.3 Å². The van der Waals surface area contributed by atoms with E-state index < -0.39 is 0 Å². The molecule has 1 amide bonds. The van der Waals surface area contributed by atoms with Gasteiger partial charge in [-0.1, -0.05) is 11.6 Å². The van der Waals surface area contributed by atoms with E-state index in [4.69, 9.17) is 23.2 Å². The average molecular weight is 382 g/mol. The fraction of sp³-hybridized carbons (Fsp3) is 0.684. The quantitative estimate of drug-likeness (QED) is 0.592. The van der Waals surface area contributed by atoms with E-state index in [1.54, 1.807) is 18.3 Å². The monoisotopic (exact) mass is 381 g/mol. The van der Waals surface area contributed by atoms with E-state index in [-0.39, 0.29) is 22.2 Å². The summed E-state index contributed by atoms with van der Waals surface area (Å²) >= 11 is 12.9. The number of hydrogen-bond donors (Lipinski definition) is 2. The van der Waals surface area contributed by atoms with Gasteiger partial charge in [-0.3, -0.25) is 4.79 Å². The molecule has 6 heteroatoms. The van der Waals surface area contributed by atoms with E-state index in [1.165, 1.54) is 32.1 Å². The Hall–Kier alpha value is -0.840. The van der Waals surface area contributed by atoms with Gasteiger partial charge in [-0.15, -0.1) is 11.6 Å². The van der Waals surface area contributed by atoms with Crippen molar-refractivity contribution in [2.24, 2.45) is 17.3 Å². The van der Waals surface area contributed by atoms with Crippen LogP contribution in [0.3, 0.4) is 0 Å². The molecule has 1 heterocycles. The molecule has 4 aliphatic rings. The van der Waals surface area contributed by atoms with Crippen LogP contribution in [0.4, 0.5) is 5.69 Å². The second-order valence-corrected chi connectivity index (χ2v) is 9.71. The molecular formula is C19H25Cl2N3O. The second-order valence-electron chi connectivity index (χ2n) is 8.55. The largest absolute Gasteiger partial charge is 0.322 e. The minimum Gasteiger partial charge on any atom is -0.322 e. The van der Waals surface area contributed by atoms with Crippen LogP contribution >= 0.6 is 23.2 Å². The summed E-state index contributed by atoms with van der Waals surface area (Å²) in [4.78, 5) is 16.5. The van der Waals surface area contributed by atoms with Gasteiger partial charge in [0.1, 0.15) is 0 Å². The minimum absolute atomic E-state index is 0.0144. The van der Waals surface area contributed by atoms with Crippen molar-refractivity contribution in [1.82, 2.24) is 10.3 Å². The highest BCUT2D eigenvalue weighted by Crippen LogP contribution is 2.63. The van der Waals surface area contributed by atoms with Gasteiger partial charge in [0.05, 0.1) is 11.7 Å². The van der Waals surface area contributed by atoms with Gasteiger partial charge in [0.2, 0.25) is 5.91 Å². The molecule has 4 saturated carbocycles. The number of hydrogen-bond acceptors (Lipinski definition) is 3. The van der Waals surface area contributed by atoms with Crippen molar-refractivity contribution in [3.63, 3.8) is 0 Å². The summed E-state index contributed by atoms with van der Waals surface area (Å²) in [6.45, 7) is 2.76. The van der Waals surface area contributed by atoms with Crippen molar-refractivity contribution >= 4 is 34.8 Å². The molecule has 2 N–H and O–H groups in total. The zero-order valence-electron chi connectivity index (χ0n) is 14.5. The van der Waals surface area contributed by atoms with Gasteiger partial charge in [-0.2, -0.15) is 0 Å². The Bertz CT molecular complexity index is 666. The maximum atomic E-state index is 12.5. The number of alkyl halides is 1. The molecule has 1 aromatic heterocycles. The molecule has 1 aromatic rings. The molecule has 25 heavy (non-hydrogen) atoms. The van der Waals surface area contributed by atoms with Crippen LogP contribution in [0.5, 0.6) is 0 Å². The van der Waals surface area contributed by atoms with E-state index in [0.717, 1.165) is 24.8 Å². The van der Waals surface area contributed by atoms with Crippen LogP contribution in [0.2, 0.25) is 5.15 Å². The number of pyridine rings is 1. The molecule has 0 aromatic carbocycles. The zero-order valence-corrected chi connectivity index (χ0v) is 16.0. The zero-order chi connectivity index (χ0) is 17.7. The lowest BCUT2D eigenvalue weighted by atomic mass is 9.49. The molecule has 4 nitrogen and oxygen atoms in total. The molecule has 0 unspecified atom stereocenters. The van der Waals surface area contributed by atoms with Crippen molar-refractivity contribution in [1.29, 1.82) is 0 Å². The number of carbonyl (C=O) groups excluding carboxylic acids is 1. The van der Waals surface area contributed by atoms with Crippen molar-refractivity contribution in [3.8, 4) is 0 Å². The molecule has 4 aliphatic carbocycles. The van der Waals surface area contributed by atoms with Crippen LogP contribution in [0.25, 0.3) is 0 Å². The van der Waals surface area contributed by atoms with Gasteiger partial charge in [0.15, 0.2) is 5.15 Å². The third-order valence-electron chi connectivity index (χ3n) is 6.30. The summed E-state index contributed by atoms with van der Waals surface area (Å²) in [5.74, 6) is 1.47. The average Bonchev–Trinajstić information content (AvgIpc) is 2.52.